The van der Waals surface area contributed by atoms with Gasteiger partial charge in [-0.1, -0.05) is 6.58 Å². The summed E-state index contributed by atoms with van der Waals surface area (Å²) in [6.45, 7) is 3.12. The van der Waals surface area contributed by atoms with E-state index in [1.54, 1.807) is 0 Å². The number of hydrogen-bond acceptors (Lipinski definition) is 5. The van der Waals surface area contributed by atoms with E-state index in [1.807, 2.05) is 0 Å². The van der Waals surface area contributed by atoms with Gasteiger partial charge in [-0.2, -0.15) is 0 Å². The first kappa shape index (κ1) is 7.80. The first-order valence-electron chi connectivity index (χ1n) is 2.66. The second kappa shape index (κ2) is 2.75. The van der Waals surface area contributed by atoms with E-state index >= 15 is 0 Å². The van der Waals surface area contributed by atoms with Crippen molar-refractivity contribution in [1.29, 1.82) is 0 Å². The zero-order valence-electron chi connectivity index (χ0n) is 5.51. The maximum atomic E-state index is 10.9. The molecule has 1 aromatic heterocycles. The molecule has 0 fully saturated rings. The number of nitrogens with zero attached hydrogens (tertiary/aromatic N) is 3. The monoisotopic (exact) mass is 171 g/mol. The van der Waals surface area contributed by atoms with Crippen molar-refractivity contribution >= 4 is 9.84 Å². The smallest absolute Gasteiger partial charge is 0.225 e. The number of rotatable bonds is 2. The third-order valence-corrected chi connectivity index (χ3v) is 2.10. The highest BCUT2D eigenvalue weighted by Gasteiger charge is 2.11. The Labute approximate surface area is 63.8 Å². The molecule has 1 rings (SSSR count). The van der Waals surface area contributed by atoms with Crippen LogP contribution in [-0.4, -0.2) is 23.4 Å². The van der Waals surface area contributed by atoms with Gasteiger partial charge in [0.2, 0.25) is 9.84 Å². The van der Waals surface area contributed by atoms with E-state index in [2.05, 4.69) is 21.5 Å². The minimum atomic E-state index is -3.50. The van der Waals surface area contributed by atoms with Crippen LogP contribution in [0.3, 0.4) is 0 Å². The van der Waals surface area contributed by atoms with E-state index in [4.69, 9.17) is 0 Å². The van der Waals surface area contributed by atoms with Crippen LogP contribution in [0.2, 0.25) is 0 Å². The normalized spacial score (nSPS) is 10.9. The first-order chi connectivity index (χ1) is 5.17. The Hall–Kier alpha value is -1.30. The zero-order chi connectivity index (χ0) is 8.32. The van der Waals surface area contributed by atoms with Crippen LogP contribution < -0.4 is 0 Å². The summed E-state index contributed by atoms with van der Waals surface area (Å²) in [5, 5.41) is 0.519. The minimum Gasteiger partial charge on any atom is -0.225 e. The van der Waals surface area contributed by atoms with Gasteiger partial charge < -0.3 is 0 Å². The van der Waals surface area contributed by atoms with E-state index in [0.29, 0.717) is 0 Å². The molecule has 0 unspecified atom stereocenters. The summed E-state index contributed by atoms with van der Waals surface area (Å²) in [7, 11) is -3.50. The minimum absolute atomic E-state index is 0.275. The second-order valence-electron chi connectivity index (χ2n) is 1.63. The molecule has 0 bridgehead atoms. The molecule has 58 valence electrons. The van der Waals surface area contributed by atoms with Gasteiger partial charge in [0, 0.05) is 5.41 Å². The highest BCUT2D eigenvalue weighted by atomic mass is 32.2. The van der Waals surface area contributed by atoms with Crippen molar-refractivity contribution < 1.29 is 8.42 Å². The highest BCUT2D eigenvalue weighted by Crippen LogP contribution is 2.00. The molecule has 0 aliphatic carbocycles. The van der Waals surface area contributed by atoms with Gasteiger partial charge in [0.1, 0.15) is 12.7 Å². The Balaban J connectivity index is 3.24. The largest absolute Gasteiger partial charge is 0.254 e. The van der Waals surface area contributed by atoms with Gasteiger partial charge in [-0.3, -0.25) is 0 Å². The summed E-state index contributed by atoms with van der Waals surface area (Å²) in [6.07, 6.45) is 2.23. The lowest BCUT2D eigenvalue weighted by molar-refractivity contribution is 0.594. The van der Waals surface area contributed by atoms with E-state index in [1.165, 1.54) is 0 Å². The molecule has 0 N–H and O–H groups in total. The molecule has 0 radical (unpaired) electrons. The highest BCUT2D eigenvalue weighted by molar-refractivity contribution is 7.94. The molecule has 11 heavy (non-hydrogen) atoms. The Bertz CT molecular complexity index is 345. The van der Waals surface area contributed by atoms with Crippen LogP contribution in [0.1, 0.15) is 0 Å². The number of aromatic nitrogens is 3. The topological polar surface area (TPSA) is 72.8 Å². The fourth-order valence-corrected chi connectivity index (χ4v) is 0.987. The predicted molar refractivity (Wildman–Crippen MR) is 37.2 cm³/mol. The summed E-state index contributed by atoms with van der Waals surface area (Å²) in [5.41, 5.74) is 0. The average Bonchev–Trinajstić information content (AvgIpc) is 2.06. The van der Waals surface area contributed by atoms with Gasteiger partial charge in [0.25, 0.3) is 5.16 Å². The average molecular weight is 171 g/mol. The summed E-state index contributed by atoms with van der Waals surface area (Å²) < 4.78 is 21.9. The SMILES string of the molecule is C=CS(=O)(=O)c1ncncn1. The molecule has 5 nitrogen and oxygen atoms in total. The quantitative estimate of drug-likeness (QED) is 0.615. The van der Waals surface area contributed by atoms with Gasteiger partial charge in [0.15, 0.2) is 0 Å². The summed E-state index contributed by atoms with van der Waals surface area (Å²) in [4.78, 5) is 10.4. The van der Waals surface area contributed by atoms with Crippen LogP contribution in [0.15, 0.2) is 29.8 Å². The fraction of sp³-hybridized carbons (Fsp3) is 0. The van der Waals surface area contributed by atoms with Gasteiger partial charge in [-0.15, -0.1) is 0 Å². The van der Waals surface area contributed by atoms with Crippen LogP contribution in [-0.2, 0) is 9.84 Å². The molecule has 0 aromatic carbocycles. The van der Waals surface area contributed by atoms with Crippen molar-refractivity contribution in [3.8, 4) is 0 Å². The molecule has 0 saturated carbocycles. The lowest BCUT2D eigenvalue weighted by atomic mass is 11.1. The van der Waals surface area contributed by atoms with E-state index in [9.17, 15) is 8.42 Å². The standard InChI is InChI=1S/C5H5N3O2S/c1-2-11(9,10)5-7-3-6-4-8-5/h2-4H,1H2. The van der Waals surface area contributed by atoms with Crippen LogP contribution in [0.25, 0.3) is 0 Å². The maximum absolute atomic E-state index is 10.9. The molecule has 6 heteroatoms. The molecule has 1 heterocycles. The Morgan fingerprint density at radius 3 is 2.36 bits per heavy atom. The molecular formula is C5H5N3O2S. The number of hydrogen-bond donors (Lipinski definition) is 0. The molecule has 0 saturated heterocycles. The van der Waals surface area contributed by atoms with E-state index in [0.717, 1.165) is 18.1 Å². The van der Waals surface area contributed by atoms with Crippen molar-refractivity contribution in [2.24, 2.45) is 0 Å². The van der Waals surface area contributed by atoms with Crippen molar-refractivity contribution in [3.63, 3.8) is 0 Å². The van der Waals surface area contributed by atoms with Gasteiger partial charge in [-0.05, 0) is 0 Å². The summed E-state index contributed by atoms with van der Waals surface area (Å²) in [6, 6.07) is 0. The van der Waals surface area contributed by atoms with Crippen molar-refractivity contribution in [3.05, 3.63) is 24.6 Å². The Morgan fingerprint density at radius 2 is 1.91 bits per heavy atom. The van der Waals surface area contributed by atoms with Crippen molar-refractivity contribution in [1.82, 2.24) is 15.0 Å². The zero-order valence-corrected chi connectivity index (χ0v) is 6.32. The maximum Gasteiger partial charge on any atom is 0.254 e. The van der Waals surface area contributed by atoms with Crippen LogP contribution >= 0.6 is 0 Å². The van der Waals surface area contributed by atoms with Gasteiger partial charge in [-0.25, -0.2) is 23.4 Å². The van der Waals surface area contributed by atoms with E-state index < -0.39 is 9.84 Å². The Kier molecular flexibility index (Phi) is 1.95. The Morgan fingerprint density at radius 1 is 1.36 bits per heavy atom. The van der Waals surface area contributed by atoms with Crippen LogP contribution in [0.5, 0.6) is 0 Å². The molecule has 0 atom stereocenters. The third kappa shape index (κ3) is 1.58. The second-order valence-corrected chi connectivity index (χ2v) is 3.42. The molecule has 0 spiro atoms. The van der Waals surface area contributed by atoms with Gasteiger partial charge >= 0.3 is 0 Å². The van der Waals surface area contributed by atoms with Gasteiger partial charge in [0.05, 0.1) is 0 Å². The van der Waals surface area contributed by atoms with Crippen LogP contribution in [0.4, 0.5) is 0 Å². The lowest BCUT2D eigenvalue weighted by Gasteiger charge is -1.91. The molecule has 1 aromatic rings. The molecular weight excluding hydrogens is 166 g/mol. The third-order valence-electron chi connectivity index (χ3n) is 0.944. The molecule has 0 aliphatic rings. The van der Waals surface area contributed by atoms with E-state index in [-0.39, 0.29) is 5.16 Å². The summed E-state index contributed by atoms with van der Waals surface area (Å²) >= 11 is 0. The lowest BCUT2D eigenvalue weighted by Crippen LogP contribution is -2.02. The first-order valence-corrected chi connectivity index (χ1v) is 4.21. The molecule has 0 amide bonds. The fourth-order valence-electron chi connectivity index (χ4n) is 0.450. The molecule has 0 aliphatic heterocycles. The predicted octanol–water partition coefficient (Wildman–Crippen LogP) is -0.211. The van der Waals surface area contributed by atoms with Crippen molar-refractivity contribution in [2.45, 2.75) is 5.16 Å². The van der Waals surface area contributed by atoms with Crippen LogP contribution in [0, 0.1) is 0 Å². The number of sulfone groups is 1. The van der Waals surface area contributed by atoms with Crippen molar-refractivity contribution in [2.75, 3.05) is 0 Å². The summed E-state index contributed by atoms with van der Waals surface area (Å²) in [5.74, 6) is 0.